The molecule has 1 amide bonds. The first-order valence-corrected chi connectivity index (χ1v) is 5.52. The summed E-state index contributed by atoms with van der Waals surface area (Å²) < 4.78 is 5.30. The monoisotopic (exact) mass is 214 g/mol. The molecular formula is C11H22N2O2. The molecule has 0 heterocycles. The topological polar surface area (TPSA) is 55.6 Å². The lowest BCUT2D eigenvalue weighted by Crippen LogP contribution is -2.44. The Morgan fingerprint density at radius 1 is 1.47 bits per heavy atom. The molecule has 4 heteroatoms. The van der Waals surface area contributed by atoms with E-state index in [9.17, 15) is 4.79 Å². The van der Waals surface area contributed by atoms with Crippen LogP contribution in [-0.4, -0.2) is 35.2 Å². The first-order valence-electron chi connectivity index (χ1n) is 5.52. The molecule has 1 aliphatic carbocycles. The van der Waals surface area contributed by atoms with Crippen molar-refractivity contribution < 1.29 is 9.53 Å². The molecule has 1 rings (SSSR count). The Balaban J connectivity index is 2.47. The third-order valence-corrected chi connectivity index (χ3v) is 2.43. The van der Waals surface area contributed by atoms with Gasteiger partial charge < -0.3 is 15.4 Å². The van der Waals surface area contributed by atoms with E-state index in [-0.39, 0.29) is 11.6 Å². The molecule has 0 unspecified atom stereocenters. The summed E-state index contributed by atoms with van der Waals surface area (Å²) >= 11 is 0. The van der Waals surface area contributed by atoms with E-state index in [2.05, 4.69) is 0 Å². The highest BCUT2D eigenvalue weighted by Gasteiger charge is 2.41. The Morgan fingerprint density at radius 3 is 2.33 bits per heavy atom. The highest BCUT2D eigenvalue weighted by Crippen LogP contribution is 2.33. The van der Waals surface area contributed by atoms with E-state index in [0.29, 0.717) is 13.1 Å². The van der Waals surface area contributed by atoms with Gasteiger partial charge in [0.05, 0.1) is 0 Å². The molecule has 0 spiro atoms. The number of hydrogen-bond acceptors (Lipinski definition) is 3. The smallest absolute Gasteiger partial charge is 0.410 e. The van der Waals surface area contributed by atoms with Crippen LogP contribution in [0.4, 0.5) is 4.79 Å². The van der Waals surface area contributed by atoms with Gasteiger partial charge in [0.25, 0.3) is 0 Å². The van der Waals surface area contributed by atoms with Crippen molar-refractivity contribution in [2.24, 2.45) is 5.73 Å². The Labute approximate surface area is 91.8 Å². The molecule has 0 radical (unpaired) electrons. The quantitative estimate of drug-likeness (QED) is 0.778. The molecule has 0 aromatic rings. The number of nitrogens with zero attached hydrogens (tertiary/aromatic N) is 1. The molecule has 1 fully saturated rings. The third kappa shape index (κ3) is 4.08. The second-order valence-electron chi connectivity index (χ2n) is 5.36. The van der Waals surface area contributed by atoms with E-state index in [1.807, 2.05) is 27.7 Å². The minimum absolute atomic E-state index is 0.146. The molecule has 0 aromatic carbocycles. The zero-order chi connectivity index (χ0) is 11.7. The van der Waals surface area contributed by atoms with Crippen LogP contribution in [-0.2, 0) is 4.74 Å². The fourth-order valence-corrected chi connectivity index (χ4v) is 1.33. The Hall–Kier alpha value is -0.770. The van der Waals surface area contributed by atoms with Crippen molar-refractivity contribution in [2.75, 3.05) is 13.1 Å². The van der Waals surface area contributed by atoms with Crippen molar-refractivity contribution in [1.29, 1.82) is 0 Å². The van der Waals surface area contributed by atoms with Gasteiger partial charge in [-0.3, -0.25) is 0 Å². The summed E-state index contributed by atoms with van der Waals surface area (Å²) in [4.78, 5) is 13.4. The van der Waals surface area contributed by atoms with E-state index in [1.54, 1.807) is 4.90 Å². The number of likely N-dealkylation sites (N-methyl/N-ethyl adjacent to an activating group) is 1. The predicted molar refractivity (Wildman–Crippen MR) is 59.6 cm³/mol. The minimum Gasteiger partial charge on any atom is -0.444 e. The molecule has 15 heavy (non-hydrogen) atoms. The van der Waals surface area contributed by atoms with Crippen LogP contribution in [0.3, 0.4) is 0 Å². The van der Waals surface area contributed by atoms with Gasteiger partial charge >= 0.3 is 6.09 Å². The molecule has 0 atom stereocenters. The van der Waals surface area contributed by atoms with Crippen molar-refractivity contribution >= 4 is 6.09 Å². The zero-order valence-corrected chi connectivity index (χ0v) is 10.2. The first kappa shape index (κ1) is 12.3. The maximum absolute atomic E-state index is 11.7. The lowest BCUT2D eigenvalue weighted by atomic mass is 10.2. The molecule has 0 bridgehead atoms. The van der Waals surface area contributed by atoms with Crippen molar-refractivity contribution in [3.63, 3.8) is 0 Å². The molecule has 0 aromatic heterocycles. The van der Waals surface area contributed by atoms with E-state index in [4.69, 9.17) is 10.5 Å². The molecule has 88 valence electrons. The van der Waals surface area contributed by atoms with Gasteiger partial charge in [0.1, 0.15) is 5.60 Å². The van der Waals surface area contributed by atoms with Gasteiger partial charge in [0.15, 0.2) is 0 Å². The summed E-state index contributed by atoms with van der Waals surface area (Å²) in [5, 5.41) is 0. The predicted octanol–water partition coefficient (Wildman–Crippen LogP) is 1.73. The van der Waals surface area contributed by atoms with Gasteiger partial charge in [-0.2, -0.15) is 0 Å². The summed E-state index contributed by atoms with van der Waals surface area (Å²) in [5.41, 5.74) is 5.39. The number of amides is 1. The van der Waals surface area contributed by atoms with Gasteiger partial charge in [-0.05, 0) is 40.5 Å². The highest BCUT2D eigenvalue weighted by atomic mass is 16.6. The lowest BCUT2D eigenvalue weighted by Gasteiger charge is -2.28. The average Bonchev–Trinajstić information content (AvgIpc) is 2.77. The first-order chi connectivity index (χ1) is 6.76. The van der Waals surface area contributed by atoms with Gasteiger partial charge in [-0.25, -0.2) is 4.79 Å². The number of carbonyl (C=O) groups excluding carboxylic acids is 1. The standard InChI is InChI=1S/C11H22N2O2/c1-5-13(8-11(12)6-7-11)9(14)15-10(2,3)4/h5-8,12H2,1-4H3. The second-order valence-corrected chi connectivity index (χ2v) is 5.36. The summed E-state index contributed by atoms with van der Waals surface area (Å²) in [5.74, 6) is 0. The summed E-state index contributed by atoms with van der Waals surface area (Å²) in [6, 6.07) is 0. The normalized spacial score (nSPS) is 18.5. The second kappa shape index (κ2) is 4.00. The molecular weight excluding hydrogens is 192 g/mol. The lowest BCUT2D eigenvalue weighted by molar-refractivity contribution is 0.0244. The molecule has 1 aliphatic rings. The molecule has 4 nitrogen and oxygen atoms in total. The van der Waals surface area contributed by atoms with Crippen LogP contribution >= 0.6 is 0 Å². The van der Waals surface area contributed by atoms with Crippen molar-refractivity contribution in [1.82, 2.24) is 4.90 Å². The van der Waals surface area contributed by atoms with E-state index < -0.39 is 5.60 Å². The van der Waals surface area contributed by atoms with Crippen LogP contribution in [0.2, 0.25) is 0 Å². The van der Waals surface area contributed by atoms with Crippen LogP contribution in [0.1, 0.15) is 40.5 Å². The summed E-state index contributed by atoms with van der Waals surface area (Å²) in [6.07, 6.45) is 1.75. The van der Waals surface area contributed by atoms with Crippen LogP contribution in [0.15, 0.2) is 0 Å². The Morgan fingerprint density at radius 2 is 2.00 bits per heavy atom. The fourth-order valence-electron chi connectivity index (χ4n) is 1.33. The molecule has 0 aliphatic heterocycles. The zero-order valence-electron chi connectivity index (χ0n) is 10.2. The number of hydrogen-bond donors (Lipinski definition) is 1. The summed E-state index contributed by atoms with van der Waals surface area (Å²) in [7, 11) is 0. The third-order valence-electron chi connectivity index (χ3n) is 2.43. The SMILES string of the molecule is CCN(CC1(N)CC1)C(=O)OC(C)(C)C. The highest BCUT2D eigenvalue weighted by molar-refractivity contribution is 5.68. The van der Waals surface area contributed by atoms with Crippen LogP contribution in [0.25, 0.3) is 0 Å². The van der Waals surface area contributed by atoms with Gasteiger partial charge in [-0.15, -0.1) is 0 Å². The Bertz CT molecular complexity index is 241. The van der Waals surface area contributed by atoms with E-state index >= 15 is 0 Å². The van der Waals surface area contributed by atoms with Crippen LogP contribution in [0, 0.1) is 0 Å². The van der Waals surface area contributed by atoms with Gasteiger partial charge in [-0.1, -0.05) is 0 Å². The van der Waals surface area contributed by atoms with E-state index in [1.165, 1.54) is 0 Å². The molecule has 2 N–H and O–H groups in total. The van der Waals surface area contributed by atoms with Gasteiger partial charge in [0.2, 0.25) is 0 Å². The number of nitrogens with two attached hydrogens (primary N) is 1. The Kier molecular flexibility index (Phi) is 3.28. The molecule has 1 saturated carbocycles. The van der Waals surface area contributed by atoms with Crippen molar-refractivity contribution in [3.05, 3.63) is 0 Å². The van der Waals surface area contributed by atoms with Crippen LogP contribution < -0.4 is 5.73 Å². The van der Waals surface area contributed by atoms with Gasteiger partial charge in [0, 0.05) is 18.6 Å². The minimum atomic E-state index is -0.435. The maximum Gasteiger partial charge on any atom is 0.410 e. The largest absolute Gasteiger partial charge is 0.444 e. The fraction of sp³-hybridized carbons (Fsp3) is 0.909. The van der Waals surface area contributed by atoms with Crippen LogP contribution in [0.5, 0.6) is 0 Å². The number of carbonyl (C=O) groups is 1. The number of rotatable bonds is 3. The average molecular weight is 214 g/mol. The van der Waals surface area contributed by atoms with Crippen molar-refractivity contribution in [2.45, 2.75) is 51.7 Å². The summed E-state index contributed by atoms with van der Waals surface area (Å²) in [6.45, 7) is 8.80. The van der Waals surface area contributed by atoms with E-state index in [0.717, 1.165) is 12.8 Å². The number of ether oxygens (including phenoxy) is 1. The maximum atomic E-state index is 11.7. The van der Waals surface area contributed by atoms with Crippen molar-refractivity contribution in [3.8, 4) is 0 Å². The molecule has 0 saturated heterocycles.